The Bertz CT molecular complexity index is 560. The summed E-state index contributed by atoms with van der Waals surface area (Å²) in [5.74, 6) is 0. The Hall–Kier alpha value is -1.28. The molecule has 0 amide bonds. The molecule has 3 rings (SSSR count). The lowest BCUT2D eigenvalue weighted by atomic mass is 10.0. The van der Waals surface area contributed by atoms with Crippen LogP contribution in [0.3, 0.4) is 0 Å². The number of benzene rings is 1. The molecule has 0 bridgehead atoms. The van der Waals surface area contributed by atoms with E-state index in [4.69, 9.17) is 0 Å². The lowest BCUT2D eigenvalue weighted by Crippen LogP contribution is -2.13. The van der Waals surface area contributed by atoms with E-state index in [9.17, 15) is 0 Å². The molecule has 1 aliphatic rings. The first kappa shape index (κ1) is 10.8. The van der Waals surface area contributed by atoms with Gasteiger partial charge < -0.3 is 10.3 Å². The van der Waals surface area contributed by atoms with Crippen LogP contribution in [-0.4, -0.2) is 11.5 Å². The highest BCUT2D eigenvalue weighted by molar-refractivity contribution is 5.87. The smallest absolute Gasteiger partial charge is 0.0489 e. The van der Waals surface area contributed by atoms with E-state index in [1.807, 2.05) is 0 Å². The van der Waals surface area contributed by atoms with Crippen molar-refractivity contribution in [2.75, 3.05) is 6.54 Å². The zero-order valence-electron chi connectivity index (χ0n) is 10.9. The Morgan fingerprint density at radius 3 is 2.71 bits per heavy atom. The van der Waals surface area contributed by atoms with E-state index in [0.29, 0.717) is 6.04 Å². The maximum absolute atomic E-state index is 3.64. The number of fused-ring (bicyclic) bond motifs is 1. The van der Waals surface area contributed by atoms with Crippen molar-refractivity contribution in [2.45, 2.75) is 39.7 Å². The third-order valence-electron chi connectivity index (χ3n) is 3.96. The Labute approximate surface area is 102 Å². The van der Waals surface area contributed by atoms with E-state index < -0.39 is 0 Å². The van der Waals surface area contributed by atoms with E-state index in [2.05, 4.69) is 43.2 Å². The Morgan fingerprint density at radius 1 is 1.18 bits per heavy atom. The second-order valence-corrected chi connectivity index (χ2v) is 5.32. The van der Waals surface area contributed by atoms with E-state index in [0.717, 1.165) is 6.54 Å². The Balaban J connectivity index is 2.20. The van der Waals surface area contributed by atoms with Crippen molar-refractivity contribution in [3.05, 3.63) is 34.5 Å². The summed E-state index contributed by atoms with van der Waals surface area (Å²) in [6.07, 6.45) is 2.54. The van der Waals surface area contributed by atoms with Gasteiger partial charge in [0.05, 0.1) is 0 Å². The Morgan fingerprint density at radius 2 is 2.00 bits per heavy atom. The van der Waals surface area contributed by atoms with Crippen LogP contribution in [-0.2, 0) is 0 Å². The van der Waals surface area contributed by atoms with E-state index in [-0.39, 0.29) is 0 Å². The minimum absolute atomic E-state index is 0.530. The number of aromatic amines is 1. The fraction of sp³-hybridized carbons (Fsp3) is 0.467. The summed E-state index contributed by atoms with van der Waals surface area (Å²) in [4.78, 5) is 3.64. The lowest BCUT2D eigenvalue weighted by molar-refractivity contribution is 0.629. The van der Waals surface area contributed by atoms with Crippen LogP contribution >= 0.6 is 0 Å². The van der Waals surface area contributed by atoms with Gasteiger partial charge in [-0.05, 0) is 57.4 Å². The molecule has 2 nitrogen and oxygen atoms in total. The molecule has 2 heterocycles. The molecule has 1 fully saturated rings. The first-order valence-electron chi connectivity index (χ1n) is 6.49. The van der Waals surface area contributed by atoms with Gasteiger partial charge in [0.25, 0.3) is 0 Å². The summed E-state index contributed by atoms with van der Waals surface area (Å²) in [7, 11) is 0. The van der Waals surface area contributed by atoms with Gasteiger partial charge in [-0.1, -0.05) is 11.6 Å². The van der Waals surface area contributed by atoms with Gasteiger partial charge in [0.1, 0.15) is 0 Å². The van der Waals surface area contributed by atoms with Crippen molar-refractivity contribution < 1.29 is 0 Å². The number of hydrogen-bond donors (Lipinski definition) is 2. The summed E-state index contributed by atoms with van der Waals surface area (Å²) in [5.41, 5.74) is 6.84. The van der Waals surface area contributed by atoms with Crippen molar-refractivity contribution >= 4 is 10.9 Å². The Kier molecular flexibility index (Phi) is 2.48. The van der Waals surface area contributed by atoms with Gasteiger partial charge in [-0.2, -0.15) is 0 Å². The van der Waals surface area contributed by atoms with Gasteiger partial charge >= 0.3 is 0 Å². The second-order valence-electron chi connectivity index (χ2n) is 5.32. The summed E-state index contributed by atoms with van der Waals surface area (Å²) in [6, 6.07) is 5.08. The number of rotatable bonds is 1. The van der Waals surface area contributed by atoms with Crippen molar-refractivity contribution in [1.29, 1.82) is 0 Å². The van der Waals surface area contributed by atoms with E-state index in [1.165, 1.54) is 46.1 Å². The molecule has 2 N–H and O–H groups in total. The topological polar surface area (TPSA) is 27.8 Å². The molecule has 2 aromatic rings. The van der Waals surface area contributed by atoms with Crippen LogP contribution in [0.25, 0.3) is 10.9 Å². The van der Waals surface area contributed by atoms with E-state index >= 15 is 0 Å². The summed E-state index contributed by atoms with van der Waals surface area (Å²) >= 11 is 0. The first-order valence-corrected chi connectivity index (χ1v) is 6.49. The molecular formula is C15H20N2. The number of aryl methyl sites for hydroxylation is 3. The summed E-state index contributed by atoms with van der Waals surface area (Å²) in [5, 5.41) is 4.97. The highest BCUT2D eigenvalue weighted by Gasteiger charge is 2.21. The number of H-pyrrole nitrogens is 1. The van der Waals surface area contributed by atoms with Gasteiger partial charge in [0.2, 0.25) is 0 Å². The van der Waals surface area contributed by atoms with Crippen LogP contribution in [0.5, 0.6) is 0 Å². The average molecular weight is 228 g/mol. The molecule has 2 heteroatoms. The van der Waals surface area contributed by atoms with Gasteiger partial charge in [0, 0.05) is 22.6 Å². The molecule has 0 aliphatic carbocycles. The molecule has 1 saturated heterocycles. The number of nitrogens with one attached hydrogen (secondary N) is 2. The van der Waals surface area contributed by atoms with Crippen LogP contribution < -0.4 is 5.32 Å². The monoisotopic (exact) mass is 228 g/mol. The maximum Gasteiger partial charge on any atom is 0.0489 e. The predicted octanol–water partition coefficient (Wildman–Crippen LogP) is 3.52. The maximum atomic E-state index is 3.64. The molecule has 0 saturated carbocycles. The molecule has 1 aromatic carbocycles. The highest BCUT2D eigenvalue weighted by atomic mass is 15.0. The van der Waals surface area contributed by atoms with Crippen LogP contribution in [0.15, 0.2) is 12.1 Å². The third kappa shape index (κ3) is 1.67. The predicted molar refractivity (Wildman–Crippen MR) is 72.5 cm³/mol. The molecule has 1 atom stereocenters. The van der Waals surface area contributed by atoms with Crippen molar-refractivity contribution in [3.8, 4) is 0 Å². The van der Waals surface area contributed by atoms with Crippen LogP contribution in [0, 0.1) is 20.8 Å². The minimum atomic E-state index is 0.530. The fourth-order valence-electron chi connectivity index (χ4n) is 3.08. The molecule has 1 unspecified atom stereocenters. The lowest BCUT2D eigenvalue weighted by Gasteiger charge is -2.09. The first-order chi connectivity index (χ1) is 8.16. The third-order valence-corrected chi connectivity index (χ3v) is 3.96. The molecular weight excluding hydrogens is 208 g/mol. The van der Waals surface area contributed by atoms with Gasteiger partial charge in [-0.15, -0.1) is 0 Å². The van der Waals surface area contributed by atoms with Gasteiger partial charge in [0.15, 0.2) is 0 Å². The van der Waals surface area contributed by atoms with E-state index in [1.54, 1.807) is 0 Å². The summed E-state index contributed by atoms with van der Waals surface area (Å²) in [6.45, 7) is 7.76. The normalized spacial score (nSPS) is 20.3. The van der Waals surface area contributed by atoms with Crippen LogP contribution in [0.1, 0.15) is 41.3 Å². The van der Waals surface area contributed by atoms with Crippen molar-refractivity contribution in [1.82, 2.24) is 10.3 Å². The molecule has 90 valence electrons. The fourth-order valence-corrected chi connectivity index (χ4v) is 3.08. The number of hydrogen-bond acceptors (Lipinski definition) is 1. The van der Waals surface area contributed by atoms with Crippen LogP contribution in [0.2, 0.25) is 0 Å². The largest absolute Gasteiger partial charge is 0.357 e. The van der Waals surface area contributed by atoms with Crippen LogP contribution in [0.4, 0.5) is 0 Å². The van der Waals surface area contributed by atoms with Gasteiger partial charge in [-0.25, -0.2) is 0 Å². The van der Waals surface area contributed by atoms with Gasteiger partial charge in [-0.3, -0.25) is 0 Å². The molecule has 0 radical (unpaired) electrons. The second kappa shape index (κ2) is 3.88. The SMILES string of the molecule is Cc1cc(C)c2[nH]c(C3CCCN3)c(C)c2c1. The van der Waals surface area contributed by atoms with Crippen molar-refractivity contribution in [2.24, 2.45) is 0 Å². The zero-order valence-corrected chi connectivity index (χ0v) is 10.9. The highest BCUT2D eigenvalue weighted by Crippen LogP contribution is 2.32. The number of aromatic nitrogens is 1. The molecule has 17 heavy (non-hydrogen) atoms. The zero-order chi connectivity index (χ0) is 12.0. The quantitative estimate of drug-likeness (QED) is 0.768. The standard InChI is InChI=1S/C15H20N2/c1-9-7-10(2)14-12(8-9)11(3)15(17-14)13-5-4-6-16-13/h7-8,13,16-17H,4-6H2,1-3H3. The summed E-state index contributed by atoms with van der Waals surface area (Å²) < 4.78 is 0. The molecule has 1 aliphatic heterocycles. The van der Waals surface area contributed by atoms with Crippen molar-refractivity contribution in [3.63, 3.8) is 0 Å². The molecule has 0 spiro atoms. The average Bonchev–Trinajstić information content (AvgIpc) is 2.87. The molecule has 1 aromatic heterocycles. The minimum Gasteiger partial charge on any atom is -0.357 e.